The summed E-state index contributed by atoms with van der Waals surface area (Å²) in [5.41, 5.74) is -2.32. The summed E-state index contributed by atoms with van der Waals surface area (Å²) in [6.45, 7) is 3.13. The Morgan fingerprint density at radius 1 is 1.05 bits per heavy atom. The fraction of sp³-hybridized carbons (Fsp3) is 0.304. The number of pyridine rings is 2. The molecule has 1 aliphatic heterocycles. The van der Waals surface area contributed by atoms with Crippen LogP contribution in [-0.4, -0.2) is 65.1 Å². The summed E-state index contributed by atoms with van der Waals surface area (Å²) in [5.74, 6) is -0.107. The molecule has 1 saturated carbocycles. The first-order valence-electron chi connectivity index (χ1n) is 20.3. The number of aromatic nitrogens is 4. The Balaban J connectivity index is 1.34. The smallest absolute Gasteiger partial charge is 0.418 e. The number of carboxylic acid groups (broad SMARTS) is 1. The molecule has 0 saturated heterocycles. The zero-order valence-electron chi connectivity index (χ0n) is 35.5. The summed E-state index contributed by atoms with van der Waals surface area (Å²) >= 11 is 7.11. The molecule has 3 aromatic heterocycles. The molecule has 2 aliphatic rings. The number of nitriles is 1. The highest BCUT2D eigenvalue weighted by Crippen LogP contribution is 2.52. The van der Waals surface area contributed by atoms with Crippen molar-refractivity contribution < 1.29 is 46.4 Å². The van der Waals surface area contributed by atoms with Crippen LogP contribution in [0.3, 0.4) is 0 Å². The number of hydrogen-bond donors (Lipinski definition) is 2. The average molecular weight is 913 g/mol. The summed E-state index contributed by atoms with van der Waals surface area (Å²) in [6.07, 6.45) is -3.89. The van der Waals surface area contributed by atoms with Crippen LogP contribution in [0, 0.1) is 29.5 Å². The molecule has 0 bridgehead atoms. The van der Waals surface area contributed by atoms with Gasteiger partial charge < -0.3 is 33.9 Å². The van der Waals surface area contributed by atoms with Gasteiger partial charge >= 0.3 is 18.3 Å². The van der Waals surface area contributed by atoms with Gasteiger partial charge in [0.25, 0.3) is 0 Å². The lowest BCUT2D eigenvalue weighted by molar-refractivity contribution is -0.137. The molecule has 4 heterocycles. The molecule has 1 amide bonds. The van der Waals surface area contributed by atoms with Crippen molar-refractivity contribution >= 4 is 46.1 Å². The van der Waals surface area contributed by atoms with Gasteiger partial charge in [0.15, 0.2) is 11.6 Å². The molecule has 0 unspecified atom stereocenters. The van der Waals surface area contributed by atoms with E-state index in [4.69, 9.17) is 30.5 Å². The van der Waals surface area contributed by atoms with Crippen LogP contribution in [-0.2, 0) is 19.3 Å². The van der Waals surface area contributed by atoms with Gasteiger partial charge in [-0.1, -0.05) is 41.9 Å². The maximum Gasteiger partial charge on any atom is 0.418 e. The highest BCUT2D eigenvalue weighted by atomic mass is 35.5. The van der Waals surface area contributed by atoms with Gasteiger partial charge in [-0.25, -0.2) is 19.2 Å². The summed E-state index contributed by atoms with van der Waals surface area (Å²) in [5, 5.41) is 21.1. The van der Waals surface area contributed by atoms with Crippen LogP contribution in [0.4, 0.5) is 39.8 Å². The molecule has 0 spiro atoms. The number of amides is 1. The first-order chi connectivity index (χ1) is 31.1. The number of aryl methyl sites for hydroxylation is 1. The van der Waals surface area contributed by atoms with Crippen molar-refractivity contribution in [1.82, 2.24) is 19.9 Å². The van der Waals surface area contributed by atoms with E-state index in [0.29, 0.717) is 29.9 Å². The summed E-state index contributed by atoms with van der Waals surface area (Å²) in [7, 11) is 3.07. The lowest BCUT2D eigenvalue weighted by Crippen LogP contribution is -2.32. The van der Waals surface area contributed by atoms with Crippen molar-refractivity contribution in [2.75, 3.05) is 49.1 Å². The largest absolute Gasteiger partial charge is 0.497 e. The zero-order valence-corrected chi connectivity index (χ0v) is 36.2. The average Bonchev–Trinajstić information content (AvgIpc) is 4.10. The fourth-order valence-electron chi connectivity index (χ4n) is 7.83. The number of benzene rings is 3. The van der Waals surface area contributed by atoms with Gasteiger partial charge in [0.05, 0.1) is 65.5 Å². The minimum absolute atomic E-state index is 0.0259. The normalized spacial score (nSPS) is 14.4. The number of ether oxygens (including phenoxy) is 4. The molecule has 19 heteroatoms. The van der Waals surface area contributed by atoms with Crippen LogP contribution in [0.15, 0.2) is 72.9 Å². The van der Waals surface area contributed by atoms with Crippen LogP contribution < -0.4 is 34.1 Å². The van der Waals surface area contributed by atoms with Crippen LogP contribution in [0.25, 0.3) is 22.2 Å². The predicted molar refractivity (Wildman–Crippen MR) is 233 cm³/mol. The van der Waals surface area contributed by atoms with Crippen molar-refractivity contribution in [3.63, 3.8) is 0 Å². The SMILES string of the molecule is COc1ccc(CN(Cc2ccc(OC)cc2)c2cc(C)c(C(F)(F)F)c(-c3c(Cl)c4c5c(nc(OCC6(C#N)CC6)nc5c3F)N([C@H](C)c3cccnc3NC(=O)O)CCO4)n2)cc1. The number of anilines is 3. The Morgan fingerprint density at radius 3 is 2.26 bits per heavy atom. The number of carbonyl (C=O) groups is 1. The van der Waals surface area contributed by atoms with Crippen LogP contribution in [0.2, 0.25) is 5.02 Å². The molecule has 1 atom stereocenters. The standard InChI is InChI=1S/C46H41ClF4N8O6/c1-25-20-32(58(21-27-7-11-29(62-3)12-8-27)22-28-9-13-30(63-4)14-10-28)54-38(35(25)46(49,50)51)33-36(47)40-34-39(37(33)48)55-43(65-24-45(23-52)15-16-45)57-42(34)59(18-19-64-40)26(2)31-6-5-17-53-41(31)56-44(60)61/h5-14,17,20,26H,15-16,18-19,21-22,24H2,1-4H3,(H,53,56)(H,60,61)/t26-/m1/s1. The highest BCUT2D eigenvalue weighted by molar-refractivity contribution is 6.36. The van der Waals surface area contributed by atoms with Crippen molar-refractivity contribution in [2.24, 2.45) is 5.41 Å². The first-order valence-corrected chi connectivity index (χ1v) is 20.7. The molecule has 336 valence electrons. The van der Waals surface area contributed by atoms with Crippen molar-refractivity contribution in [3.8, 4) is 40.6 Å². The van der Waals surface area contributed by atoms with E-state index >= 15 is 17.6 Å². The molecule has 3 aromatic carbocycles. The molecular formula is C46H41ClF4N8O6. The van der Waals surface area contributed by atoms with E-state index in [9.17, 15) is 15.2 Å². The van der Waals surface area contributed by atoms with E-state index in [1.807, 2.05) is 24.3 Å². The number of nitrogens with zero attached hydrogens (tertiary/aromatic N) is 7. The quantitative estimate of drug-likeness (QED) is 0.0992. The fourth-order valence-corrected chi connectivity index (χ4v) is 8.15. The van der Waals surface area contributed by atoms with Gasteiger partial charge in [0.1, 0.15) is 47.7 Å². The van der Waals surface area contributed by atoms with E-state index in [2.05, 4.69) is 31.3 Å². The molecule has 8 rings (SSSR count). The van der Waals surface area contributed by atoms with Gasteiger partial charge in [-0.3, -0.25) is 5.32 Å². The molecular weight excluding hydrogens is 872 g/mol. The Labute approximate surface area is 375 Å². The predicted octanol–water partition coefficient (Wildman–Crippen LogP) is 10.2. The van der Waals surface area contributed by atoms with Gasteiger partial charge in [0.2, 0.25) is 0 Å². The topological polar surface area (TPSA) is 168 Å². The highest BCUT2D eigenvalue weighted by Gasteiger charge is 2.45. The second-order valence-electron chi connectivity index (χ2n) is 15.7. The van der Waals surface area contributed by atoms with Gasteiger partial charge in [-0.05, 0) is 79.8 Å². The van der Waals surface area contributed by atoms with Gasteiger partial charge in [-0.2, -0.15) is 28.4 Å². The molecule has 14 nitrogen and oxygen atoms in total. The van der Waals surface area contributed by atoms with E-state index < -0.39 is 56.9 Å². The van der Waals surface area contributed by atoms with E-state index in [0.717, 1.165) is 11.1 Å². The molecule has 65 heavy (non-hydrogen) atoms. The van der Waals surface area contributed by atoms with Crippen LogP contribution in [0.1, 0.15) is 53.6 Å². The second kappa shape index (κ2) is 17.8. The van der Waals surface area contributed by atoms with E-state index in [-0.39, 0.29) is 73.0 Å². The summed E-state index contributed by atoms with van der Waals surface area (Å²) < 4.78 is 86.9. The molecule has 2 N–H and O–H groups in total. The lowest BCUT2D eigenvalue weighted by atomic mass is 9.98. The minimum Gasteiger partial charge on any atom is -0.497 e. The Bertz CT molecular complexity index is 2770. The maximum atomic E-state index is 17.8. The molecule has 6 aromatic rings. The monoisotopic (exact) mass is 912 g/mol. The minimum atomic E-state index is -5.04. The number of hydrogen-bond acceptors (Lipinski definition) is 12. The van der Waals surface area contributed by atoms with Gasteiger partial charge in [-0.15, -0.1) is 0 Å². The van der Waals surface area contributed by atoms with Crippen LogP contribution in [0.5, 0.6) is 23.3 Å². The number of halogens is 5. The number of rotatable bonds is 14. The van der Waals surface area contributed by atoms with E-state index in [1.54, 1.807) is 53.1 Å². The number of methoxy groups -OCH3 is 2. The zero-order chi connectivity index (χ0) is 46.2. The summed E-state index contributed by atoms with van der Waals surface area (Å²) in [4.78, 5) is 33.1. The first kappa shape index (κ1) is 44.5. The van der Waals surface area contributed by atoms with Crippen molar-refractivity contribution in [1.29, 1.82) is 5.26 Å². The van der Waals surface area contributed by atoms with Crippen molar-refractivity contribution in [3.05, 3.63) is 112 Å². The number of alkyl halides is 3. The van der Waals surface area contributed by atoms with Crippen molar-refractivity contribution in [2.45, 2.75) is 52.0 Å². The third-order valence-electron chi connectivity index (χ3n) is 11.5. The summed E-state index contributed by atoms with van der Waals surface area (Å²) in [6, 6.07) is 20.1. The van der Waals surface area contributed by atoms with Crippen LogP contribution >= 0.6 is 11.6 Å². The van der Waals surface area contributed by atoms with Gasteiger partial charge in [0, 0.05) is 24.8 Å². The lowest BCUT2D eigenvalue weighted by Gasteiger charge is -2.30. The number of nitrogens with one attached hydrogen (secondary N) is 1. The second-order valence-corrected chi connectivity index (χ2v) is 16.1. The Kier molecular flexibility index (Phi) is 12.2. The molecule has 0 radical (unpaired) electrons. The maximum absolute atomic E-state index is 17.8. The molecule has 1 aliphatic carbocycles. The third-order valence-corrected chi connectivity index (χ3v) is 11.8. The van der Waals surface area contributed by atoms with E-state index in [1.165, 1.54) is 33.4 Å². The Hall–Kier alpha value is -7.13. The Morgan fingerprint density at radius 2 is 1.69 bits per heavy atom. The molecule has 1 fully saturated rings. The third kappa shape index (κ3) is 9.01.